The lowest BCUT2D eigenvalue weighted by Gasteiger charge is -2.15. The molecule has 1 aliphatic heterocycles. The number of nitrogens with one attached hydrogen (secondary N) is 2. The van der Waals surface area contributed by atoms with Gasteiger partial charge in [0.25, 0.3) is 11.1 Å². The van der Waals surface area contributed by atoms with E-state index in [2.05, 4.69) is 10.4 Å². The third-order valence-corrected chi connectivity index (χ3v) is 5.61. The van der Waals surface area contributed by atoms with Crippen molar-refractivity contribution in [2.45, 2.75) is 38.5 Å². The standard InChI is InChI=1S/C24H27N3O6/c1-31-21-13-16(8-9-20(21)33-15-17-5-4-12-32-17)14-25-22(28)10-11-27-24(30)19-7-3-2-6-18(19)23(29)26-27/h2-3,6-9,13,17H,4-5,10-12,14-15H2,1H3,(H,25,28)(H,26,29). The van der Waals surface area contributed by atoms with Crippen LogP contribution in [0, 0.1) is 0 Å². The number of carbonyl (C=O) groups is 1. The Balaban J connectivity index is 1.32. The maximum absolute atomic E-state index is 12.5. The molecule has 33 heavy (non-hydrogen) atoms. The fourth-order valence-electron chi connectivity index (χ4n) is 3.81. The van der Waals surface area contributed by atoms with E-state index in [9.17, 15) is 14.4 Å². The number of hydrogen-bond donors (Lipinski definition) is 2. The minimum Gasteiger partial charge on any atom is -0.493 e. The lowest BCUT2D eigenvalue weighted by Crippen LogP contribution is -2.32. The van der Waals surface area contributed by atoms with Crippen molar-refractivity contribution in [3.8, 4) is 11.5 Å². The minimum absolute atomic E-state index is 0.0495. The second-order valence-electron chi connectivity index (χ2n) is 7.90. The van der Waals surface area contributed by atoms with Crippen LogP contribution in [-0.4, -0.2) is 42.1 Å². The number of methoxy groups -OCH3 is 1. The van der Waals surface area contributed by atoms with Crippen molar-refractivity contribution in [2.24, 2.45) is 0 Å². The summed E-state index contributed by atoms with van der Waals surface area (Å²) in [5.41, 5.74) is 0.154. The van der Waals surface area contributed by atoms with Crippen molar-refractivity contribution >= 4 is 16.7 Å². The van der Waals surface area contributed by atoms with Crippen LogP contribution in [0.15, 0.2) is 52.1 Å². The zero-order valence-electron chi connectivity index (χ0n) is 18.5. The number of hydrogen-bond acceptors (Lipinski definition) is 6. The topological polar surface area (TPSA) is 112 Å². The summed E-state index contributed by atoms with van der Waals surface area (Å²) in [5.74, 6) is 0.969. The molecule has 1 unspecified atom stereocenters. The van der Waals surface area contributed by atoms with Gasteiger partial charge in [-0.05, 0) is 42.7 Å². The summed E-state index contributed by atoms with van der Waals surface area (Å²) in [5, 5.41) is 6.02. The number of H-pyrrole nitrogens is 1. The van der Waals surface area contributed by atoms with E-state index in [1.807, 2.05) is 18.2 Å². The zero-order valence-corrected chi connectivity index (χ0v) is 18.5. The van der Waals surface area contributed by atoms with E-state index in [0.717, 1.165) is 25.0 Å². The molecule has 0 spiro atoms. The van der Waals surface area contributed by atoms with Gasteiger partial charge in [0.05, 0.1) is 30.5 Å². The predicted molar refractivity (Wildman–Crippen MR) is 123 cm³/mol. The number of ether oxygens (including phenoxy) is 3. The summed E-state index contributed by atoms with van der Waals surface area (Å²) in [7, 11) is 1.57. The number of aromatic nitrogens is 2. The monoisotopic (exact) mass is 453 g/mol. The maximum atomic E-state index is 12.5. The molecule has 1 atom stereocenters. The Morgan fingerprint density at radius 3 is 2.76 bits per heavy atom. The SMILES string of the molecule is COc1cc(CNC(=O)CCn2[nH]c(=O)c3ccccc3c2=O)ccc1OCC1CCCO1. The van der Waals surface area contributed by atoms with E-state index >= 15 is 0 Å². The molecular formula is C24H27N3O6. The molecule has 2 N–H and O–H groups in total. The highest BCUT2D eigenvalue weighted by Gasteiger charge is 2.17. The Morgan fingerprint density at radius 2 is 2.00 bits per heavy atom. The second kappa shape index (κ2) is 10.4. The Hall–Kier alpha value is -3.59. The highest BCUT2D eigenvalue weighted by atomic mass is 16.5. The third-order valence-electron chi connectivity index (χ3n) is 5.61. The van der Waals surface area contributed by atoms with Crippen LogP contribution in [0.1, 0.15) is 24.8 Å². The maximum Gasteiger partial charge on any atom is 0.273 e. The van der Waals surface area contributed by atoms with Crippen LogP contribution >= 0.6 is 0 Å². The first-order valence-corrected chi connectivity index (χ1v) is 10.9. The molecule has 1 aromatic heterocycles. The smallest absolute Gasteiger partial charge is 0.273 e. The van der Waals surface area contributed by atoms with Crippen LogP contribution in [0.3, 0.4) is 0 Å². The fourth-order valence-corrected chi connectivity index (χ4v) is 3.81. The van der Waals surface area contributed by atoms with Gasteiger partial charge in [-0.15, -0.1) is 0 Å². The number of aryl methyl sites for hydroxylation is 1. The highest BCUT2D eigenvalue weighted by molar-refractivity contribution is 5.80. The first-order chi connectivity index (χ1) is 16.0. The number of aromatic amines is 1. The van der Waals surface area contributed by atoms with Crippen LogP contribution in [0.25, 0.3) is 10.8 Å². The van der Waals surface area contributed by atoms with E-state index in [1.54, 1.807) is 31.4 Å². The summed E-state index contributed by atoms with van der Waals surface area (Å²) >= 11 is 0. The van der Waals surface area contributed by atoms with E-state index in [4.69, 9.17) is 14.2 Å². The van der Waals surface area contributed by atoms with Crippen LogP contribution in [0.4, 0.5) is 0 Å². The lowest BCUT2D eigenvalue weighted by atomic mass is 10.2. The van der Waals surface area contributed by atoms with Gasteiger partial charge in [-0.25, -0.2) is 4.68 Å². The third kappa shape index (κ3) is 5.43. The molecule has 3 aromatic rings. The summed E-state index contributed by atoms with van der Waals surface area (Å²) in [6.45, 7) is 1.62. The van der Waals surface area contributed by atoms with Gasteiger partial charge in [0.15, 0.2) is 11.5 Å². The molecule has 1 saturated heterocycles. The van der Waals surface area contributed by atoms with Gasteiger partial charge in [-0.2, -0.15) is 0 Å². The normalized spacial score (nSPS) is 15.5. The van der Waals surface area contributed by atoms with Crippen molar-refractivity contribution in [3.05, 3.63) is 68.7 Å². The summed E-state index contributed by atoms with van der Waals surface area (Å²) in [4.78, 5) is 37.0. The first-order valence-electron chi connectivity index (χ1n) is 10.9. The Kier molecular flexibility index (Phi) is 7.09. The molecule has 174 valence electrons. The van der Waals surface area contributed by atoms with Crippen LogP contribution in [-0.2, 0) is 22.6 Å². The Morgan fingerprint density at radius 1 is 1.18 bits per heavy atom. The van der Waals surface area contributed by atoms with Gasteiger partial charge in [-0.3, -0.25) is 19.5 Å². The van der Waals surface area contributed by atoms with Gasteiger partial charge >= 0.3 is 0 Å². The molecule has 1 amide bonds. The molecule has 0 radical (unpaired) electrons. The van der Waals surface area contributed by atoms with Gasteiger partial charge in [0.1, 0.15) is 6.61 Å². The molecule has 1 aliphatic rings. The molecule has 4 rings (SSSR count). The van der Waals surface area contributed by atoms with Gasteiger partial charge < -0.3 is 19.5 Å². The van der Waals surface area contributed by atoms with E-state index < -0.39 is 0 Å². The lowest BCUT2D eigenvalue weighted by molar-refractivity contribution is -0.121. The van der Waals surface area contributed by atoms with Crippen LogP contribution in [0.2, 0.25) is 0 Å². The molecule has 0 saturated carbocycles. The molecule has 2 heterocycles. The van der Waals surface area contributed by atoms with Crippen molar-refractivity contribution in [3.63, 3.8) is 0 Å². The van der Waals surface area contributed by atoms with Crippen molar-refractivity contribution in [1.29, 1.82) is 0 Å². The average Bonchev–Trinajstić information content (AvgIpc) is 3.36. The average molecular weight is 453 g/mol. The molecule has 9 heteroatoms. The van der Waals surface area contributed by atoms with Gasteiger partial charge in [0, 0.05) is 19.6 Å². The van der Waals surface area contributed by atoms with Crippen molar-refractivity contribution in [2.75, 3.05) is 20.3 Å². The van der Waals surface area contributed by atoms with Gasteiger partial charge in [0.2, 0.25) is 5.91 Å². The number of amides is 1. The Bertz CT molecular complexity index is 1240. The quantitative estimate of drug-likeness (QED) is 0.512. The van der Waals surface area contributed by atoms with E-state index in [0.29, 0.717) is 35.4 Å². The van der Waals surface area contributed by atoms with Crippen molar-refractivity contribution < 1.29 is 19.0 Å². The molecular weight excluding hydrogens is 426 g/mol. The fraction of sp³-hybridized carbons (Fsp3) is 0.375. The van der Waals surface area contributed by atoms with Crippen LogP contribution in [0.5, 0.6) is 11.5 Å². The number of carbonyl (C=O) groups excluding carboxylic acids is 1. The van der Waals surface area contributed by atoms with Crippen molar-refractivity contribution in [1.82, 2.24) is 15.1 Å². The summed E-state index contributed by atoms with van der Waals surface area (Å²) in [6, 6.07) is 12.1. The molecule has 0 bridgehead atoms. The largest absolute Gasteiger partial charge is 0.493 e. The van der Waals surface area contributed by atoms with Gasteiger partial charge in [-0.1, -0.05) is 18.2 Å². The molecule has 1 fully saturated rings. The molecule has 2 aromatic carbocycles. The number of nitrogens with zero attached hydrogens (tertiary/aromatic N) is 1. The first kappa shape index (κ1) is 22.6. The van der Waals surface area contributed by atoms with E-state index in [-0.39, 0.29) is 36.1 Å². The van der Waals surface area contributed by atoms with Crippen LogP contribution < -0.4 is 25.9 Å². The minimum atomic E-state index is -0.362. The zero-order chi connectivity index (χ0) is 23.2. The second-order valence-corrected chi connectivity index (χ2v) is 7.90. The van der Waals surface area contributed by atoms with E-state index in [1.165, 1.54) is 4.68 Å². The predicted octanol–water partition coefficient (Wildman–Crippen LogP) is 1.96. The summed E-state index contributed by atoms with van der Waals surface area (Å²) in [6.07, 6.45) is 2.20. The number of rotatable bonds is 9. The molecule has 9 nitrogen and oxygen atoms in total. The number of fused-ring (bicyclic) bond motifs is 1. The summed E-state index contributed by atoms with van der Waals surface area (Å²) < 4.78 is 18.0. The number of benzene rings is 2. The molecule has 0 aliphatic carbocycles. The highest BCUT2D eigenvalue weighted by Crippen LogP contribution is 2.29. The Labute approximate surface area is 190 Å².